The molecule has 0 bridgehead atoms. The third kappa shape index (κ3) is 5.43. The first kappa shape index (κ1) is 34.4. The van der Waals surface area contributed by atoms with Crippen LogP contribution in [0.5, 0.6) is 0 Å². The zero-order chi connectivity index (χ0) is 40.0. The summed E-state index contributed by atoms with van der Waals surface area (Å²) in [5.74, 6) is 0. The monoisotopic (exact) mass is 769 g/mol. The lowest BCUT2D eigenvalue weighted by Gasteiger charge is -2.28. The van der Waals surface area contributed by atoms with Gasteiger partial charge in [-0.25, -0.2) is 0 Å². The maximum atomic E-state index is 6.23. The topological polar surface area (TPSA) is 29.5 Å². The first-order valence-corrected chi connectivity index (χ1v) is 20.6. The van der Waals surface area contributed by atoms with Crippen molar-refractivity contribution in [3.63, 3.8) is 0 Å². The molecule has 0 atom stereocenters. The van der Waals surface area contributed by atoms with Gasteiger partial charge in [0.05, 0.1) is 0 Å². The molecular weight excluding hydrogens is 731 g/mol. The molecule has 11 aromatic rings. The molecule has 0 saturated heterocycles. The summed E-state index contributed by atoms with van der Waals surface area (Å²) in [6, 6.07) is 72.2. The molecule has 1 aliphatic carbocycles. The van der Waals surface area contributed by atoms with Crippen molar-refractivity contribution in [2.45, 2.75) is 19.3 Å². The fraction of sp³-hybridized carbons (Fsp3) is 0.0526. The van der Waals surface area contributed by atoms with Crippen LogP contribution in [-0.4, -0.2) is 0 Å². The van der Waals surface area contributed by atoms with E-state index in [1.807, 2.05) is 24.3 Å². The predicted octanol–water partition coefficient (Wildman–Crippen LogP) is 16.3. The standard InChI is InChI=1S/C57H39NO2/c1-57(2)51-17-9-6-14-45(51)46-27-26-44(35-52(46)57)58(42-12-4-3-5-13-42)43-24-20-36(21-25-43)39-30-40(37-22-28-55-49(33-37)47-15-7-10-18-53(47)59-55)32-41(31-39)38-23-29-56-50(34-38)48-16-8-11-19-54(48)60-56/h3-35H,1-2H3. The van der Waals surface area contributed by atoms with Gasteiger partial charge in [0.15, 0.2) is 0 Å². The van der Waals surface area contributed by atoms with Crippen LogP contribution in [0.25, 0.3) is 88.4 Å². The number of para-hydroxylation sites is 3. The molecule has 3 nitrogen and oxygen atoms in total. The van der Waals surface area contributed by atoms with E-state index >= 15 is 0 Å². The molecule has 0 saturated carbocycles. The number of rotatable bonds is 6. The van der Waals surface area contributed by atoms with Gasteiger partial charge in [0.2, 0.25) is 0 Å². The van der Waals surface area contributed by atoms with Gasteiger partial charge in [0.1, 0.15) is 22.3 Å². The van der Waals surface area contributed by atoms with Crippen LogP contribution in [0.15, 0.2) is 209 Å². The maximum absolute atomic E-state index is 6.23. The number of fused-ring (bicyclic) bond motifs is 9. The number of furan rings is 2. The summed E-state index contributed by atoms with van der Waals surface area (Å²) < 4.78 is 12.5. The lowest BCUT2D eigenvalue weighted by molar-refractivity contribution is 0.660. The van der Waals surface area contributed by atoms with Crippen LogP contribution in [0, 0.1) is 0 Å². The summed E-state index contributed by atoms with van der Waals surface area (Å²) in [4.78, 5) is 2.37. The highest BCUT2D eigenvalue weighted by Crippen LogP contribution is 2.51. The van der Waals surface area contributed by atoms with Crippen LogP contribution < -0.4 is 4.90 Å². The number of nitrogens with zero attached hydrogens (tertiary/aromatic N) is 1. The molecule has 284 valence electrons. The normalized spacial score (nSPS) is 13.0. The molecule has 0 unspecified atom stereocenters. The van der Waals surface area contributed by atoms with Crippen LogP contribution in [0.1, 0.15) is 25.0 Å². The second-order valence-electron chi connectivity index (χ2n) is 16.5. The quantitative estimate of drug-likeness (QED) is 0.169. The Morgan fingerprint density at radius 2 is 0.783 bits per heavy atom. The Kier molecular flexibility index (Phi) is 7.58. The number of benzene rings is 9. The van der Waals surface area contributed by atoms with Crippen molar-refractivity contribution < 1.29 is 8.83 Å². The van der Waals surface area contributed by atoms with Crippen molar-refractivity contribution in [1.29, 1.82) is 0 Å². The summed E-state index contributed by atoms with van der Waals surface area (Å²) in [6.45, 7) is 4.69. The Bertz CT molecular complexity index is 3330. The van der Waals surface area contributed by atoms with E-state index < -0.39 is 0 Å². The first-order chi connectivity index (χ1) is 29.5. The predicted molar refractivity (Wildman–Crippen MR) is 250 cm³/mol. The van der Waals surface area contributed by atoms with Gasteiger partial charge in [0, 0.05) is 44.0 Å². The molecule has 0 N–H and O–H groups in total. The van der Waals surface area contributed by atoms with Gasteiger partial charge in [-0.1, -0.05) is 123 Å². The Balaban J connectivity index is 0.989. The lowest BCUT2D eigenvalue weighted by atomic mass is 9.82. The zero-order valence-electron chi connectivity index (χ0n) is 33.3. The largest absolute Gasteiger partial charge is 0.456 e. The highest BCUT2D eigenvalue weighted by molar-refractivity contribution is 6.08. The number of hydrogen-bond donors (Lipinski definition) is 0. The third-order valence-electron chi connectivity index (χ3n) is 12.7. The molecule has 1 aliphatic rings. The van der Waals surface area contributed by atoms with Gasteiger partial charge in [-0.3, -0.25) is 0 Å². The zero-order valence-corrected chi connectivity index (χ0v) is 33.3. The van der Waals surface area contributed by atoms with Crippen molar-refractivity contribution in [2.75, 3.05) is 4.90 Å². The highest BCUT2D eigenvalue weighted by Gasteiger charge is 2.35. The average Bonchev–Trinajstić information content (AvgIpc) is 3.94. The van der Waals surface area contributed by atoms with Gasteiger partial charge in [-0.15, -0.1) is 0 Å². The van der Waals surface area contributed by atoms with Crippen LogP contribution in [0.2, 0.25) is 0 Å². The first-order valence-electron chi connectivity index (χ1n) is 20.6. The van der Waals surface area contributed by atoms with Crippen molar-refractivity contribution >= 4 is 60.9 Å². The molecule has 60 heavy (non-hydrogen) atoms. The van der Waals surface area contributed by atoms with Crippen LogP contribution in [-0.2, 0) is 5.41 Å². The smallest absolute Gasteiger partial charge is 0.135 e. The molecule has 0 spiro atoms. The van der Waals surface area contributed by atoms with Crippen LogP contribution in [0.3, 0.4) is 0 Å². The Morgan fingerprint density at radius 3 is 1.42 bits per heavy atom. The third-order valence-corrected chi connectivity index (χ3v) is 12.7. The molecule has 3 heteroatoms. The van der Waals surface area contributed by atoms with Gasteiger partial charge < -0.3 is 13.7 Å². The minimum Gasteiger partial charge on any atom is -0.456 e. The minimum absolute atomic E-state index is 0.0959. The fourth-order valence-electron chi connectivity index (χ4n) is 9.60. The molecule has 0 amide bonds. The molecule has 0 aliphatic heterocycles. The highest BCUT2D eigenvalue weighted by atomic mass is 16.3. The average molecular weight is 770 g/mol. The summed E-state index contributed by atoms with van der Waals surface area (Å²) >= 11 is 0. The van der Waals surface area contributed by atoms with E-state index in [4.69, 9.17) is 8.83 Å². The van der Waals surface area contributed by atoms with Crippen LogP contribution >= 0.6 is 0 Å². The van der Waals surface area contributed by atoms with Gasteiger partial charge in [-0.05, 0) is 147 Å². The lowest BCUT2D eigenvalue weighted by Crippen LogP contribution is -2.16. The van der Waals surface area contributed by atoms with Crippen LogP contribution in [0.4, 0.5) is 17.1 Å². The second kappa shape index (κ2) is 13.2. The minimum atomic E-state index is -0.0959. The molecule has 2 aromatic heterocycles. The van der Waals surface area contributed by atoms with E-state index in [0.717, 1.165) is 94.3 Å². The second-order valence-corrected chi connectivity index (χ2v) is 16.5. The van der Waals surface area contributed by atoms with E-state index in [1.165, 1.54) is 22.3 Å². The molecule has 0 fully saturated rings. The van der Waals surface area contributed by atoms with Gasteiger partial charge >= 0.3 is 0 Å². The Hall–Kier alpha value is -7.62. The van der Waals surface area contributed by atoms with E-state index in [-0.39, 0.29) is 5.41 Å². The molecular formula is C57H39NO2. The summed E-state index contributed by atoms with van der Waals surface area (Å²) in [6.07, 6.45) is 0. The van der Waals surface area contributed by atoms with Gasteiger partial charge in [-0.2, -0.15) is 0 Å². The fourth-order valence-corrected chi connectivity index (χ4v) is 9.60. The SMILES string of the molecule is CC1(C)c2ccccc2-c2ccc(N(c3ccccc3)c3ccc(-c4cc(-c5ccc6oc7ccccc7c6c5)cc(-c5ccc6oc7ccccc7c6c5)c4)cc3)cc21. The maximum Gasteiger partial charge on any atom is 0.135 e. The number of anilines is 3. The van der Waals surface area contributed by atoms with Crippen molar-refractivity contribution in [3.05, 3.63) is 211 Å². The molecule has 12 rings (SSSR count). The number of hydrogen-bond acceptors (Lipinski definition) is 3. The molecule has 2 heterocycles. The van der Waals surface area contributed by atoms with E-state index in [2.05, 4.69) is 195 Å². The summed E-state index contributed by atoms with van der Waals surface area (Å²) in [7, 11) is 0. The van der Waals surface area contributed by atoms with Crippen molar-refractivity contribution in [1.82, 2.24) is 0 Å². The summed E-state index contributed by atoms with van der Waals surface area (Å²) in [5.41, 5.74) is 19.1. The van der Waals surface area contributed by atoms with E-state index in [0.29, 0.717) is 0 Å². The van der Waals surface area contributed by atoms with Gasteiger partial charge in [0.25, 0.3) is 0 Å². The van der Waals surface area contributed by atoms with Crippen molar-refractivity contribution in [2.24, 2.45) is 0 Å². The van der Waals surface area contributed by atoms with Crippen molar-refractivity contribution in [3.8, 4) is 44.5 Å². The Morgan fingerprint density at radius 1 is 0.317 bits per heavy atom. The Labute approximate surface area is 348 Å². The summed E-state index contributed by atoms with van der Waals surface area (Å²) in [5, 5.41) is 4.48. The van der Waals surface area contributed by atoms with E-state index in [9.17, 15) is 0 Å². The van der Waals surface area contributed by atoms with E-state index in [1.54, 1.807) is 0 Å². The molecule has 9 aromatic carbocycles. The molecule has 0 radical (unpaired) electrons.